The maximum atomic E-state index is 12.5. The molecule has 0 atom stereocenters. The molecule has 2 heterocycles. The van der Waals surface area contributed by atoms with E-state index in [1.807, 2.05) is 0 Å². The summed E-state index contributed by atoms with van der Waals surface area (Å²) in [6.07, 6.45) is 0. The van der Waals surface area contributed by atoms with Crippen LogP contribution in [0.5, 0.6) is 0 Å². The van der Waals surface area contributed by atoms with Gasteiger partial charge in [-0.05, 0) is 12.1 Å². The summed E-state index contributed by atoms with van der Waals surface area (Å²) in [5, 5.41) is 7.28. The third-order valence-corrected chi connectivity index (χ3v) is 4.30. The number of nitrogens with zero attached hydrogens (tertiary/aromatic N) is 1. The number of hydrogen-bond donors (Lipinski definition) is 2. The Morgan fingerprint density at radius 3 is 2.38 bits per heavy atom. The van der Waals surface area contributed by atoms with E-state index in [4.69, 9.17) is 27.9 Å². The van der Waals surface area contributed by atoms with E-state index in [1.165, 1.54) is 0 Å². The number of hydrogen-bond acceptors (Lipinski definition) is 4. The predicted octanol–water partition coefficient (Wildman–Crippen LogP) is 1.85. The Balaban J connectivity index is 1.79. The van der Waals surface area contributed by atoms with Crippen LogP contribution in [0.15, 0.2) is 12.1 Å². The van der Waals surface area contributed by atoms with Crippen LogP contribution in [-0.2, 0) is 4.74 Å². The number of anilines is 1. The van der Waals surface area contributed by atoms with Gasteiger partial charge in [-0.2, -0.15) is 0 Å². The molecule has 5 nitrogen and oxygen atoms in total. The van der Waals surface area contributed by atoms with Gasteiger partial charge in [0.25, 0.3) is 5.91 Å². The molecule has 0 saturated carbocycles. The summed E-state index contributed by atoms with van der Waals surface area (Å²) in [5.41, 5.74) is 1.22. The van der Waals surface area contributed by atoms with E-state index in [1.54, 1.807) is 17.0 Å². The van der Waals surface area contributed by atoms with Crippen LogP contribution < -0.4 is 10.6 Å². The summed E-state index contributed by atoms with van der Waals surface area (Å²) in [7, 11) is 0. The van der Waals surface area contributed by atoms with Crippen molar-refractivity contribution in [3.05, 3.63) is 27.7 Å². The second-order valence-electron chi connectivity index (χ2n) is 5.22. The van der Waals surface area contributed by atoms with Gasteiger partial charge in [0.15, 0.2) is 0 Å². The molecule has 0 radical (unpaired) electrons. The molecule has 2 aliphatic heterocycles. The highest BCUT2D eigenvalue weighted by molar-refractivity contribution is 6.40. The Morgan fingerprint density at radius 1 is 1.24 bits per heavy atom. The van der Waals surface area contributed by atoms with Gasteiger partial charge < -0.3 is 20.3 Å². The van der Waals surface area contributed by atoms with Crippen molar-refractivity contribution in [2.24, 2.45) is 0 Å². The Labute approximate surface area is 133 Å². The van der Waals surface area contributed by atoms with Crippen molar-refractivity contribution < 1.29 is 9.53 Å². The summed E-state index contributed by atoms with van der Waals surface area (Å²) in [5.74, 6) is -0.134. The fourth-order valence-electron chi connectivity index (χ4n) is 2.41. The van der Waals surface area contributed by atoms with Crippen molar-refractivity contribution in [2.75, 3.05) is 44.7 Å². The van der Waals surface area contributed by atoms with E-state index >= 15 is 0 Å². The lowest BCUT2D eigenvalue weighted by molar-refractivity contribution is 0.0303. The van der Waals surface area contributed by atoms with Gasteiger partial charge in [0.1, 0.15) is 0 Å². The molecule has 0 spiro atoms. The molecule has 1 amide bonds. The molecule has 1 aromatic carbocycles. The van der Waals surface area contributed by atoms with Crippen molar-refractivity contribution in [3.63, 3.8) is 0 Å². The van der Waals surface area contributed by atoms with E-state index in [0.29, 0.717) is 48.0 Å². The fourth-order valence-corrected chi connectivity index (χ4v) is 3.06. The molecular weight excluding hydrogens is 313 g/mol. The molecule has 7 heteroatoms. The van der Waals surface area contributed by atoms with Crippen molar-refractivity contribution in [1.82, 2.24) is 10.2 Å². The van der Waals surface area contributed by atoms with E-state index < -0.39 is 0 Å². The van der Waals surface area contributed by atoms with Crippen LogP contribution in [0.1, 0.15) is 10.4 Å². The van der Waals surface area contributed by atoms with Gasteiger partial charge in [-0.1, -0.05) is 23.2 Å². The average molecular weight is 330 g/mol. The highest BCUT2D eigenvalue weighted by atomic mass is 35.5. The number of carbonyl (C=O) groups is 1. The number of carbonyl (C=O) groups excluding carboxylic acids is 1. The SMILES string of the molecule is O=C(c1c(Cl)cc(NC2CNC2)cc1Cl)N1CCOCC1. The minimum absolute atomic E-state index is 0.134. The first-order valence-corrected chi connectivity index (χ1v) is 7.74. The lowest BCUT2D eigenvalue weighted by Gasteiger charge is -2.30. The van der Waals surface area contributed by atoms with Crippen LogP contribution in [0, 0.1) is 0 Å². The lowest BCUT2D eigenvalue weighted by Crippen LogP contribution is -2.51. The molecule has 0 aliphatic carbocycles. The quantitative estimate of drug-likeness (QED) is 0.888. The van der Waals surface area contributed by atoms with Crippen LogP contribution >= 0.6 is 23.2 Å². The van der Waals surface area contributed by atoms with Crippen LogP contribution in [-0.4, -0.2) is 56.2 Å². The van der Waals surface area contributed by atoms with E-state index in [0.717, 1.165) is 18.8 Å². The van der Waals surface area contributed by atoms with Crippen LogP contribution in [0.4, 0.5) is 5.69 Å². The topological polar surface area (TPSA) is 53.6 Å². The molecule has 2 N–H and O–H groups in total. The van der Waals surface area contributed by atoms with E-state index in [2.05, 4.69) is 10.6 Å². The fraction of sp³-hybridized carbons (Fsp3) is 0.500. The molecule has 2 saturated heterocycles. The Bertz CT molecular complexity index is 520. The molecule has 0 bridgehead atoms. The van der Waals surface area contributed by atoms with Gasteiger partial charge in [0, 0.05) is 31.9 Å². The standard InChI is InChI=1S/C14H17Cl2N3O2/c15-11-5-9(18-10-7-17-8-10)6-12(16)13(11)14(20)19-1-3-21-4-2-19/h5-6,10,17-18H,1-4,7-8H2. The lowest BCUT2D eigenvalue weighted by atomic mass is 10.1. The van der Waals surface area contributed by atoms with Gasteiger partial charge in [-0.15, -0.1) is 0 Å². The summed E-state index contributed by atoms with van der Waals surface area (Å²) >= 11 is 12.5. The minimum atomic E-state index is -0.134. The zero-order valence-electron chi connectivity index (χ0n) is 11.5. The maximum absolute atomic E-state index is 12.5. The van der Waals surface area contributed by atoms with Gasteiger partial charge in [0.05, 0.1) is 34.9 Å². The largest absolute Gasteiger partial charge is 0.380 e. The summed E-state index contributed by atoms with van der Waals surface area (Å²) < 4.78 is 5.25. The van der Waals surface area contributed by atoms with E-state index in [9.17, 15) is 4.79 Å². The first kappa shape index (κ1) is 14.9. The molecule has 0 aromatic heterocycles. The molecule has 0 unspecified atom stereocenters. The number of ether oxygens (including phenoxy) is 1. The van der Waals surface area contributed by atoms with Gasteiger partial charge in [0.2, 0.25) is 0 Å². The van der Waals surface area contributed by atoms with Crippen LogP contribution in [0.3, 0.4) is 0 Å². The first-order chi connectivity index (χ1) is 10.1. The van der Waals surface area contributed by atoms with Crippen molar-refractivity contribution in [1.29, 1.82) is 0 Å². The second kappa shape index (κ2) is 6.40. The number of rotatable bonds is 3. The second-order valence-corrected chi connectivity index (χ2v) is 6.03. The highest BCUT2D eigenvalue weighted by Crippen LogP contribution is 2.31. The smallest absolute Gasteiger partial charge is 0.257 e. The van der Waals surface area contributed by atoms with Crippen LogP contribution in [0.2, 0.25) is 10.0 Å². The number of nitrogens with one attached hydrogen (secondary N) is 2. The molecule has 2 aliphatic rings. The molecule has 3 rings (SSSR count). The summed E-state index contributed by atoms with van der Waals surface area (Å²) in [6.45, 7) is 4.08. The highest BCUT2D eigenvalue weighted by Gasteiger charge is 2.24. The summed E-state index contributed by atoms with van der Waals surface area (Å²) in [4.78, 5) is 14.2. The Kier molecular flexibility index (Phi) is 4.54. The number of amides is 1. The average Bonchev–Trinajstić information content (AvgIpc) is 2.43. The monoisotopic (exact) mass is 329 g/mol. The molecule has 1 aromatic rings. The molecule has 114 valence electrons. The Hall–Kier alpha value is -1.01. The van der Waals surface area contributed by atoms with Crippen molar-refractivity contribution >= 4 is 34.8 Å². The van der Waals surface area contributed by atoms with Crippen LogP contribution in [0.25, 0.3) is 0 Å². The number of halogens is 2. The summed E-state index contributed by atoms with van der Waals surface area (Å²) in [6, 6.07) is 3.91. The predicted molar refractivity (Wildman–Crippen MR) is 83.5 cm³/mol. The van der Waals surface area contributed by atoms with E-state index in [-0.39, 0.29) is 5.91 Å². The van der Waals surface area contributed by atoms with Gasteiger partial charge in [-0.25, -0.2) is 0 Å². The Morgan fingerprint density at radius 2 is 1.86 bits per heavy atom. The molecular formula is C14H17Cl2N3O2. The third kappa shape index (κ3) is 3.26. The van der Waals surface area contributed by atoms with Gasteiger partial charge in [-0.3, -0.25) is 4.79 Å². The zero-order valence-corrected chi connectivity index (χ0v) is 13.0. The number of morpholine rings is 1. The molecule has 21 heavy (non-hydrogen) atoms. The first-order valence-electron chi connectivity index (χ1n) is 6.98. The minimum Gasteiger partial charge on any atom is -0.380 e. The maximum Gasteiger partial charge on any atom is 0.257 e. The number of benzene rings is 1. The van der Waals surface area contributed by atoms with Crippen molar-refractivity contribution in [2.45, 2.75) is 6.04 Å². The van der Waals surface area contributed by atoms with Crippen molar-refractivity contribution in [3.8, 4) is 0 Å². The molecule has 2 fully saturated rings. The zero-order chi connectivity index (χ0) is 14.8. The van der Waals surface area contributed by atoms with Gasteiger partial charge >= 0.3 is 0 Å². The normalized spacial score (nSPS) is 19.2. The third-order valence-electron chi connectivity index (χ3n) is 3.71.